The Hall–Kier alpha value is -1.80. The molecule has 1 aliphatic rings. The lowest BCUT2D eigenvalue weighted by molar-refractivity contribution is 0.473. The van der Waals surface area contributed by atoms with Gasteiger partial charge in [0.1, 0.15) is 11.5 Å². The van der Waals surface area contributed by atoms with Crippen LogP contribution in [0.4, 0.5) is 0 Å². The minimum atomic E-state index is 0.821. The SMILES string of the molecule is CNCc1ccccc1Oc1ccc2c(c1)CCC2. The first-order valence-electron chi connectivity index (χ1n) is 6.89. The largest absolute Gasteiger partial charge is 0.457 e. The van der Waals surface area contributed by atoms with Gasteiger partial charge in [-0.05, 0) is 55.6 Å². The van der Waals surface area contributed by atoms with E-state index in [1.807, 2.05) is 25.2 Å². The van der Waals surface area contributed by atoms with Gasteiger partial charge in [0, 0.05) is 12.1 Å². The van der Waals surface area contributed by atoms with Crippen molar-refractivity contribution < 1.29 is 4.74 Å². The molecule has 0 unspecified atom stereocenters. The van der Waals surface area contributed by atoms with Crippen LogP contribution in [-0.4, -0.2) is 7.05 Å². The molecule has 0 aliphatic heterocycles. The predicted molar refractivity (Wildman–Crippen MR) is 77.7 cm³/mol. The van der Waals surface area contributed by atoms with E-state index in [1.54, 1.807) is 0 Å². The molecule has 0 fully saturated rings. The molecule has 3 rings (SSSR count). The Balaban J connectivity index is 1.85. The zero-order valence-electron chi connectivity index (χ0n) is 11.3. The Morgan fingerprint density at radius 3 is 2.79 bits per heavy atom. The van der Waals surface area contributed by atoms with Crippen molar-refractivity contribution in [3.05, 3.63) is 59.2 Å². The van der Waals surface area contributed by atoms with Crippen LogP contribution in [0, 0.1) is 0 Å². The molecule has 0 spiro atoms. The number of rotatable bonds is 4. The molecule has 2 heteroatoms. The Bertz CT molecular complexity index is 577. The lowest BCUT2D eigenvalue weighted by Gasteiger charge is -2.11. The van der Waals surface area contributed by atoms with Gasteiger partial charge in [0.25, 0.3) is 0 Å². The summed E-state index contributed by atoms with van der Waals surface area (Å²) in [5.74, 6) is 1.89. The minimum Gasteiger partial charge on any atom is -0.457 e. The molecule has 0 saturated carbocycles. The molecule has 0 amide bonds. The van der Waals surface area contributed by atoms with E-state index in [9.17, 15) is 0 Å². The number of fused-ring (bicyclic) bond motifs is 1. The fraction of sp³-hybridized carbons (Fsp3) is 0.294. The molecule has 0 radical (unpaired) electrons. The third-order valence-electron chi connectivity index (χ3n) is 3.64. The van der Waals surface area contributed by atoms with Gasteiger partial charge in [0.15, 0.2) is 0 Å². The van der Waals surface area contributed by atoms with Gasteiger partial charge >= 0.3 is 0 Å². The molecule has 0 saturated heterocycles. The molecule has 0 heterocycles. The number of para-hydroxylation sites is 1. The van der Waals surface area contributed by atoms with Gasteiger partial charge in [-0.3, -0.25) is 0 Å². The van der Waals surface area contributed by atoms with Crippen molar-refractivity contribution in [2.75, 3.05) is 7.05 Å². The summed E-state index contributed by atoms with van der Waals surface area (Å²) in [6.07, 6.45) is 3.67. The number of hydrogen-bond acceptors (Lipinski definition) is 2. The van der Waals surface area contributed by atoms with Gasteiger partial charge in [-0.2, -0.15) is 0 Å². The Morgan fingerprint density at radius 2 is 1.89 bits per heavy atom. The molecule has 19 heavy (non-hydrogen) atoms. The molecule has 0 bridgehead atoms. The average molecular weight is 253 g/mol. The van der Waals surface area contributed by atoms with Crippen molar-refractivity contribution in [1.82, 2.24) is 5.32 Å². The van der Waals surface area contributed by atoms with Crippen LogP contribution >= 0.6 is 0 Å². The third-order valence-corrected chi connectivity index (χ3v) is 3.64. The van der Waals surface area contributed by atoms with Crippen LogP contribution in [0.2, 0.25) is 0 Å². The highest BCUT2D eigenvalue weighted by Crippen LogP contribution is 2.30. The lowest BCUT2D eigenvalue weighted by Crippen LogP contribution is -2.06. The summed E-state index contributed by atoms with van der Waals surface area (Å²) in [6.45, 7) is 0.821. The Morgan fingerprint density at radius 1 is 1.05 bits per heavy atom. The standard InChI is InChI=1S/C17H19NO/c1-18-12-15-5-2-3-8-17(15)19-16-10-9-13-6-4-7-14(13)11-16/h2-3,5,8-11,18H,4,6-7,12H2,1H3. The van der Waals surface area contributed by atoms with Gasteiger partial charge in [-0.15, -0.1) is 0 Å². The molecule has 0 aromatic heterocycles. The van der Waals surface area contributed by atoms with Crippen LogP contribution in [-0.2, 0) is 19.4 Å². The molecule has 0 atom stereocenters. The second-order valence-electron chi connectivity index (χ2n) is 5.02. The highest BCUT2D eigenvalue weighted by Gasteiger charge is 2.12. The normalized spacial score (nSPS) is 13.3. The van der Waals surface area contributed by atoms with Crippen molar-refractivity contribution in [2.24, 2.45) is 0 Å². The molecular weight excluding hydrogens is 234 g/mol. The van der Waals surface area contributed by atoms with E-state index in [1.165, 1.54) is 36.0 Å². The molecule has 2 aromatic carbocycles. The van der Waals surface area contributed by atoms with E-state index in [-0.39, 0.29) is 0 Å². The summed E-state index contributed by atoms with van der Waals surface area (Å²) in [4.78, 5) is 0. The minimum absolute atomic E-state index is 0.821. The van der Waals surface area contributed by atoms with Crippen molar-refractivity contribution in [3.63, 3.8) is 0 Å². The topological polar surface area (TPSA) is 21.3 Å². The highest BCUT2D eigenvalue weighted by molar-refractivity contribution is 5.42. The van der Waals surface area contributed by atoms with Gasteiger partial charge in [-0.1, -0.05) is 24.3 Å². The Kier molecular flexibility index (Phi) is 3.51. The summed E-state index contributed by atoms with van der Waals surface area (Å²) in [5, 5.41) is 3.17. The van der Waals surface area contributed by atoms with Crippen LogP contribution in [0.1, 0.15) is 23.1 Å². The van der Waals surface area contributed by atoms with E-state index in [4.69, 9.17) is 4.74 Å². The zero-order chi connectivity index (χ0) is 13.1. The number of ether oxygens (including phenoxy) is 1. The lowest BCUT2D eigenvalue weighted by atomic mass is 10.1. The molecule has 2 nitrogen and oxygen atoms in total. The van der Waals surface area contributed by atoms with Crippen molar-refractivity contribution in [2.45, 2.75) is 25.8 Å². The number of benzene rings is 2. The smallest absolute Gasteiger partial charge is 0.131 e. The van der Waals surface area contributed by atoms with Crippen LogP contribution in [0.15, 0.2) is 42.5 Å². The summed E-state index contributed by atoms with van der Waals surface area (Å²) >= 11 is 0. The highest BCUT2D eigenvalue weighted by atomic mass is 16.5. The van der Waals surface area contributed by atoms with E-state index >= 15 is 0 Å². The first-order valence-corrected chi connectivity index (χ1v) is 6.89. The second-order valence-corrected chi connectivity index (χ2v) is 5.02. The molecular formula is C17H19NO. The van der Waals surface area contributed by atoms with Crippen molar-refractivity contribution in [1.29, 1.82) is 0 Å². The van der Waals surface area contributed by atoms with E-state index in [2.05, 4.69) is 29.6 Å². The molecule has 98 valence electrons. The maximum absolute atomic E-state index is 6.05. The summed E-state index contributed by atoms with van der Waals surface area (Å²) in [6, 6.07) is 14.7. The van der Waals surface area contributed by atoms with Crippen molar-refractivity contribution in [3.8, 4) is 11.5 Å². The maximum atomic E-state index is 6.05. The molecule has 1 aliphatic carbocycles. The summed E-state index contributed by atoms with van der Waals surface area (Å²) < 4.78 is 6.05. The maximum Gasteiger partial charge on any atom is 0.131 e. The van der Waals surface area contributed by atoms with E-state index in [0.29, 0.717) is 0 Å². The fourth-order valence-electron chi connectivity index (χ4n) is 2.68. The number of hydrogen-bond donors (Lipinski definition) is 1. The van der Waals surface area contributed by atoms with Gasteiger partial charge in [0.05, 0.1) is 0 Å². The van der Waals surface area contributed by atoms with Gasteiger partial charge in [0.2, 0.25) is 0 Å². The average Bonchev–Trinajstić information content (AvgIpc) is 2.89. The quantitative estimate of drug-likeness (QED) is 0.897. The monoisotopic (exact) mass is 253 g/mol. The Labute approximate surface area is 114 Å². The first kappa shape index (κ1) is 12.2. The van der Waals surface area contributed by atoms with Gasteiger partial charge < -0.3 is 10.1 Å². The molecule has 2 aromatic rings. The predicted octanol–water partition coefficient (Wildman–Crippen LogP) is 3.69. The summed E-state index contributed by atoms with van der Waals surface area (Å²) in [5.41, 5.74) is 4.12. The number of aryl methyl sites for hydroxylation is 2. The first-order chi connectivity index (χ1) is 9.36. The van der Waals surface area contributed by atoms with E-state index < -0.39 is 0 Å². The zero-order valence-corrected chi connectivity index (χ0v) is 11.3. The van der Waals surface area contributed by atoms with Crippen LogP contribution in [0.25, 0.3) is 0 Å². The van der Waals surface area contributed by atoms with Crippen molar-refractivity contribution >= 4 is 0 Å². The van der Waals surface area contributed by atoms with E-state index in [0.717, 1.165) is 18.0 Å². The number of nitrogens with one attached hydrogen (secondary N) is 1. The van der Waals surface area contributed by atoms with Gasteiger partial charge in [-0.25, -0.2) is 0 Å². The van der Waals surface area contributed by atoms with Crippen LogP contribution in [0.3, 0.4) is 0 Å². The third kappa shape index (κ3) is 2.64. The molecule has 1 N–H and O–H groups in total. The second kappa shape index (κ2) is 5.45. The fourth-order valence-corrected chi connectivity index (χ4v) is 2.68. The van der Waals surface area contributed by atoms with Crippen LogP contribution < -0.4 is 10.1 Å². The van der Waals surface area contributed by atoms with Crippen LogP contribution in [0.5, 0.6) is 11.5 Å². The summed E-state index contributed by atoms with van der Waals surface area (Å²) in [7, 11) is 1.95.